The number of ether oxygens (including phenoxy) is 1. The van der Waals surface area contributed by atoms with E-state index in [9.17, 15) is 9.59 Å². The normalized spacial score (nSPS) is 17.5. The van der Waals surface area contributed by atoms with E-state index in [0.717, 1.165) is 29.0 Å². The van der Waals surface area contributed by atoms with Crippen molar-refractivity contribution < 1.29 is 14.3 Å². The number of aromatic nitrogens is 2. The number of carbonyl (C=O) groups is 2. The molecule has 0 spiro atoms. The lowest BCUT2D eigenvalue weighted by Gasteiger charge is -2.33. The third kappa shape index (κ3) is 3.99. The predicted octanol–water partition coefficient (Wildman–Crippen LogP) is 3.26. The zero-order valence-corrected chi connectivity index (χ0v) is 16.5. The number of aryl methyl sites for hydroxylation is 1. The molecule has 0 bridgehead atoms. The Labute approximate surface area is 161 Å². The van der Waals surface area contributed by atoms with Crippen LogP contribution in [0.1, 0.15) is 26.2 Å². The first kappa shape index (κ1) is 19.0. The molecule has 1 atom stereocenters. The summed E-state index contributed by atoms with van der Waals surface area (Å²) in [5.74, 6) is -0.124. The fourth-order valence-electron chi connectivity index (χ4n) is 3.20. The molecule has 3 rings (SSSR count). The molecule has 140 valence electrons. The summed E-state index contributed by atoms with van der Waals surface area (Å²) < 4.78 is 7.07. The fraction of sp³-hybridized carbons (Fsp3) is 0.500. The molecule has 1 aliphatic rings. The van der Waals surface area contributed by atoms with Gasteiger partial charge in [-0.05, 0) is 44.4 Å². The monoisotopic (exact) mass is 395 g/mol. The van der Waals surface area contributed by atoms with Crippen molar-refractivity contribution in [1.29, 1.82) is 0 Å². The minimum absolute atomic E-state index is 0.0576. The number of likely N-dealkylation sites (tertiary alicyclic amines) is 1. The minimum Gasteiger partial charge on any atom is -0.464 e. The SMILES string of the molecule is CCOC(=O)C1CCCCN1C(=O)CSc1nc2cc(Cl)ccc2n1C. The number of thioether (sulfide) groups is 1. The quantitative estimate of drug-likeness (QED) is 0.574. The van der Waals surface area contributed by atoms with Crippen molar-refractivity contribution in [2.24, 2.45) is 7.05 Å². The first-order valence-electron chi connectivity index (χ1n) is 8.72. The van der Waals surface area contributed by atoms with E-state index < -0.39 is 6.04 Å². The average Bonchev–Trinajstić information content (AvgIpc) is 2.95. The Morgan fingerprint density at radius 2 is 2.19 bits per heavy atom. The van der Waals surface area contributed by atoms with E-state index in [-0.39, 0.29) is 17.6 Å². The van der Waals surface area contributed by atoms with Crippen molar-refractivity contribution >= 4 is 46.3 Å². The minimum atomic E-state index is -0.462. The van der Waals surface area contributed by atoms with Gasteiger partial charge in [-0.1, -0.05) is 23.4 Å². The Morgan fingerprint density at radius 3 is 2.96 bits per heavy atom. The molecule has 2 heterocycles. The van der Waals surface area contributed by atoms with Gasteiger partial charge in [0.1, 0.15) is 6.04 Å². The van der Waals surface area contributed by atoms with E-state index in [1.165, 1.54) is 11.8 Å². The van der Waals surface area contributed by atoms with Crippen LogP contribution in [-0.2, 0) is 21.4 Å². The lowest BCUT2D eigenvalue weighted by atomic mass is 10.0. The smallest absolute Gasteiger partial charge is 0.328 e. The van der Waals surface area contributed by atoms with Gasteiger partial charge in [0.2, 0.25) is 5.91 Å². The van der Waals surface area contributed by atoms with Crippen LogP contribution in [0.3, 0.4) is 0 Å². The number of carbonyl (C=O) groups excluding carboxylic acids is 2. The van der Waals surface area contributed by atoms with Gasteiger partial charge in [-0.3, -0.25) is 4.79 Å². The summed E-state index contributed by atoms with van der Waals surface area (Å²) in [6.07, 6.45) is 2.52. The maximum atomic E-state index is 12.7. The maximum absolute atomic E-state index is 12.7. The second-order valence-electron chi connectivity index (χ2n) is 6.23. The number of nitrogens with zero attached hydrogens (tertiary/aromatic N) is 3. The number of halogens is 1. The fourth-order valence-corrected chi connectivity index (χ4v) is 4.24. The van der Waals surface area contributed by atoms with Crippen LogP contribution in [0.25, 0.3) is 11.0 Å². The molecule has 1 saturated heterocycles. The first-order chi connectivity index (χ1) is 12.5. The van der Waals surface area contributed by atoms with Crippen molar-refractivity contribution in [1.82, 2.24) is 14.5 Å². The van der Waals surface area contributed by atoms with Crippen molar-refractivity contribution in [3.05, 3.63) is 23.2 Å². The summed E-state index contributed by atoms with van der Waals surface area (Å²) in [6.45, 7) is 2.70. The highest BCUT2D eigenvalue weighted by atomic mass is 35.5. The molecule has 1 fully saturated rings. The molecular formula is C18H22ClN3O3S. The second kappa shape index (κ2) is 8.31. The van der Waals surface area contributed by atoms with Crippen molar-refractivity contribution in [2.75, 3.05) is 18.9 Å². The summed E-state index contributed by atoms with van der Waals surface area (Å²) in [6, 6.07) is 5.08. The van der Waals surface area contributed by atoms with E-state index in [4.69, 9.17) is 16.3 Å². The Balaban J connectivity index is 1.69. The second-order valence-corrected chi connectivity index (χ2v) is 7.60. The Hall–Kier alpha value is -1.73. The molecule has 26 heavy (non-hydrogen) atoms. The van der Waals surface area contributed by atoms with Gasteiger partial charge in [-0.15, -0.1) is 0 Å². The molecule has 0 aliphatic carbocycles. The van der Waals surface area contributed by atoms with Gasteiger partial charge in [-0.2, -0.15) is 0 Å². The topological polar surface area (TPSA) is 64.4 Å². The zero-order chi connectivity index (χ0) is 18.7. The molecule has 8 heteroatoms. The van der Waals surface area contributed by atoms with Crippen molar-refractivity contribution in [3.8, 4) is 0 Å². The van der Waals surface area contributed by atoms with E-state index >= 15 is 0 Å². The van der Waals surface area contributed by atoms with Crippen LogP contribution in [0.4, 0.5) is 0 Å². The van der Waals surface area contributed by atoms with Crippen LogP contribution in [0.15, 0.2) is 23.4 Å². The average molecular weight is 396 g/mol. The Kier molecular flexibility index (Phi) is 6.09. The van der Waals surface area contributed by atoms with Crippen LogP contribution in [0, 0.1) is 0 Å². The summed E-state index contributed by atoms with van der Waals surface area (Å²) in [5.41, 5.74) is 1.77. The molecule has 0 N–H and O–H groups in total. The van der Waals surface area contributed by atoms with Crippen molar-refractivity contribution in [2.45, 2.75) is 37.4 Å². The molecule has 1 unspecified atom stereocenters. The lowest BCUT2D eigenvalue weighted by Crippen LogP contribution is -2.49. The molecule has 0 saturated carbocycles. The highest BCUT2D eigenvalue weighted by Gasteiger charge is 2.33. The molecule has 6 nitrogen and oxygen atoms in total. The van der Waals surface area contributed by atoms with Crippen LogP contribution >= 0.6 is 23.4 Å². The molecule has 0 radical (unpaired) electrons. The number of esters is 1. The highest BCUT2D eigenvalue weighted by molar-refractivity contribution is 7.99. The van der Waals surface area contributed by atoms with Crippen LogP contribution < -0.4 is 0 Å². The summed E-state index contributed by atoms with van der Waals surface area (Å²) >= 11 is 7.39. The van der Waals surface area contributed by atoms with Gasteiger partial charge in [-0.25, -0.2) is 9.78 Å². The lowest BCUT2D eigenvalue weighted by molar-refractivity contribution is -0.155. The standard InChI is InChI=1S/C18H22ClN3O3S/c1-3-25-17(24)15-6-4-5-9-22(15)16(23)11-26-18-20-13-10-12(19)7-8-14(13)21(18)2/h7-8,10,15H,3-6,9,11H2,1-2H3. The van der Waals surface area contributed by atoms with Crippen LogP contribution in [-0.4, -0.2) is 51.3 Å². The van der Waals surface area contributed by atoms with Gasteiger partial charge in [0.15, 0.2) is 5.16 Å². The van der Waals surface area contributed by atoms with Gasteiger partial charge in [0.05, 0.1) is 23.4 Å². The highest BCUT2D eigenvalue weighted by Crippen LogP contribution is 2.26. The summed E-state index contributed by atoms with van der Waals surface area (Å²) in [7, 11) is 1.92. The van der Waals surface area contributed by atoms with E-state index in [1.807, 2.05) is 29.8 Å². The number of imidazole rings is 1. The van der Waals surface area contributed by atoms with E-state index in [1.54, 1.807) is 11.8 Å². The number of benzene rings is 1. The molecular weight excluding hydrogens is 374 g/mol. The van der Waals surface area contributed by atoms with Crippen LogP contribution in [0.5, 0.6) is 0 Å². The largest absolute Gasteiger partial charge is 0.464 e. The molecule has 1 aromatic heterocycles. The van der Waals surface area contributed by atoms with Crippen molar-refractivity contribution in [3.63, 3.8) is 0 Å². The number of hydrogen-bond donors (Lipinski definition) is 0. The number of amides is 1. The van der Waals surface area contributed by atoms with Crippen LogP contribution in [0.2, 0.25) is 5.02 Å². The van der Waals surface area contributed by atoms with Gasteiger partial charge in [0.25, 0.3) is 0 Å². The van der Waals surface area contributed by atoms with Gasteiger partial charge < -0.3 is 14.2 Å². The van der Waals surface area contributed by atoms with Gasteiger partial charge >= 0.3 is 5.97 Å². The van der Waals surface area contributed by atoms with Gasteiger partial charge in [0, 0.05) is 18.6 Å². The third-order valence-electron chi connectivity index (χ3n) is 4.51. The number of piperidine rings is 1. The number of fused-ring (bicyclic) bond motifs is 1. The first-order valence-corrected chi connectivity index (χ1v) is 10.1. The predicted molar refractivity (Wildman–Crippen MR) is 102 cm³/mol. The number of hydrogen-bond acceptors (Lipinski definition) is 5. The molecule has 1 aromatic carbocycles. The summed E-state index contributed by atoms with van der Waals surface area (Å²) in [4.78, 5) is 31.1. The number of rotatable bonds is 5. The molecule has 2 aromatic rings. The zero-order valence-electron chi connectivity index (χ0n) is 14.9. The molecule has 1 amide bonds. The third-order valence-corrected chi connectivity index (χ3v) is 5.76. The maximum Gasteiger partial charge on any atom is 0.328 e. The Bertz CT molecular complexity index is 823. The molecule has 1 aliphatic heterocycles. The van der Waals surface area contributed by atoms with E-state index in [0.29, 0.717) is 24.6 Å². The van der Waals surface area contributed by atoms with E-state index in [2.05, 4.69) is 4.98 Å². The Morgan fingerprint density at radius 1 is 1.38 bits per heavy atom. The summed E-state index contributed by atoms with van der Waals surface area (Å²) in [5, 5.41) is 1.38.